The number of amides is 1. The molecule has 28 heavy (non-hydrogen) atoms. The molecular formula is C21H26N2O4S. The number of nitrogens with zero attached hydrogens (tertiary/aromatic N) is 1. The summed E-state index contributed by atoms with van der Waals surface area (Å²) in [5.41, 5.74) is 3.83. The Balaban J connectivity index is 1.67. The second-order valence-corrected chi connectivity index (χ2v) is 9.12. The Hall–Kier alpha value is -2.38. The fraction of sp³-hybridized carbons (Fsp3) is 0.381. The smallest absolute Gasteiger partial charge is 0.253 e. The van der Waals surface area contributed by atoms with E-state index in [0.29, 0.717) is 30.3 Å². The van der Waals surface area contributed by atoms with Crippen LogP contribution in [0.4, 0.5) is 5.69 Å². The topological polar surface area (TPSA) is 86.7 Å². The molecule has 0 aromatic heterocycles. The third-order valence-corrected chi connectivity index (χ3v) is 5.79. The number of carbonyl (C=O) groups excluding carboxylic acids is 1. The number of piperidine rings is 1. The summed E-state index contributed by atoms with van der Waals surface area (Å²) in [4.78, 5) is 14.7. The van der Waals surface area contributed by atoms with Gasteiger partial charge in [0.2, 0.25) is 10.0 Å². The van der Waals surface area contributed by atoms with Crippen LogP contribution in [0.3, 0.4) is 0 Å². The largest absolute Gasteiger partial charge is 0.392 e. The molecule has 2 aromatic carbocycles. The molecule has 150 valence electrons. The van der Waals surface area contributed by atoms with Crippen molar-refractivity contribution >= 4 is 21.6 Å². The Labute approximate surface area is 166 Å². The van der Waals surface area contributed by atoms with Crippen molar-refractivity contribution in [3.8, 4) is 0 Å². The van der Waals surface area contributed by atoms with Crippen LogP contribution in [-0.2, 0) is 16.6 Å². The number of sulfonamides is 1. The summed E-state index contributed by atoms with van der Waals surface area (Å²) in [6.45, 7) is 3.16. The monoisotopic (exact) mass is 402 g/mol. The average Bonchev–Trinajstić information content (AvgIpc) is 2.68. The number of aliphatic hydroxyl groups excluding tert-OH is 1. The summed E-state index contributed by atoms with van der Waals surface area (Å²) < 4.78 is 25.5. The summed E-state index contributed by atoms with van der Waals surface area (Å²) in [6, 6.07) is 13.1. The Kier molecular flexibility index (Phi) is 6.05. The first kappa shape index (κ1) is 20.4. The first-order valence-corrected chi connectivity index (χ1v) is 11.2. The molecule has 6 nitrogen and oxygen atoms in total. The molecule has 0 atom stereocenters. The van der Waals surface area contributed by atoms with E-state index in [9.17, 15) is 13.2 Å². The SMILES string of the molecule is Cc1ccc(C(=O)N2CCC(c3ccc(CO)cc3)CC2)cc1NS(C)(=O)=O. The van der Waals surface area contributed by atoms with E-state index in [2.05, 4.69) is 16.9 Å². The van der Waals surface area contributed by atoms with Gasteiger partial charge in [0.25, 0.3) is 5.91 Å². The molecule has 3 rings (SSSR count). The Bertz CT molecular complexity index is 947. The molecule has 1 aliphatic heterocycles. The highest BCUT2D eigenvalue weighted by molar-refractivity contribution is 7.92. The Morgan fingerprint density at radius 2 is 1.79 bits per heavy atom. The number of aryl methyl sites for hydroxylation is 1. The summed E-state index contributed by atoms with van der Waals surface area (Å²) in [5, 5.41) is 9.16. The van der Waals surface area contributed by atoms with Gasteiger partial charge in [0, 0.05) is 18.7 Å². The maximum Gasteiger partial charge on any atom is 0.253 e. The molecule has 1 saturated heterocycles. The van der Waals surface area contributed by atoms with Crippen LogP contribution in [0.5, 0.6) is 0 Å². The van der Waals surface area contributed by atoms with Gasteiger partial charge in [-0.2, -0.15) is 0 Å². The standard InChI is InChI=1S/C21H26N2O4S/c1-15-3-6-19(13-20(15)22-28(2,26)27)21(25)23-11-9-18(10-12-23)17-7-4-16(14-24)5-8-17/h3-8,13,18,22,24H,9-12,14H2,1-2H3. The molecule has 0 unspecified atom stereocenters. The number of aliphatic hydroxyl groups is 1. The van der Waals surface area contributed by atoms with Crippen LogP contribution in [0.2, 0.25) is 0 Å². The van der Waals surface area contributed by atoms with Gasteiger partial charge in [0.05, 0.1) is 18.6 Å². The van der Waals surface area contributed by atoms with Crippen molar-refractivity contribution in [2.45, 2.75) is 32.3 Å². The van der Waals surface area contributed by atoms with Crippen LogP contribution in [0.15, 0.2) is 42.5 Å². The van der Waals surface area contributed by atoms with E-state index in [4.69, 9.17) is 5.11 Å². The minimum absolute atomic E-state index is 0.0416. The van der Waals surface area contributed by atoms with Crippen LogP contribution in [0.1, 0.15) is 45.8 Å². The normalized spacial score (nSPS) is 15.5. The first-order chi connectivity index (χ1) is 13.3. The van der Waals surface area contributed by atoms with Crippen molar-refractivity contribution < 1.29 is 18.3 Å². The molecule has 0 bridgehead atoms. The maximum absolute atomic E-state index is 12.9. The Morgan fingerprint density at radius 3 is 2.36 bits per heavy atom. The van der Waals surface area contributed by atoms with Crippen LogP contribution >= 0.6 is 0 Å². The van der Waals surface area contributed by atoms with Gasteiger partial charge in [0.15, 0.2) is 0 Å². The highest BCUT2D eigenvalue weighted by Crippen LogP contribution is 2.29. The lowest BCUT2D eigenvalue weighted by molar-refractivity contribution is 0.0713. The summed E-state index contributed by atoms with van der Waals surface area (Å²) in [5.74, 6) is 0.322. The highest BCUT2D eigenvalue weighted by atomic mass is 32.2. The van der Waals surface area contributed by atoms with Gasteiger partial charge in [-0.25, -0.2) is 8.42 Å². The van der Waals surface area contributed by atoms with Gasteiger partial charge in [-0.05, 0) is 54.5 Å². The number of rotatable bonds is 5. The van der Waals surface area contributed by atoms with E-state index in [1.807, 2.05) is 17.0 Å². The molecule has 1 fully saturated rings. The lowest BCUT2D eigenvalue weighted by Crippen LogP contribution is -2.38. The fourth-order valence-corrected chi connectivity index (χ4v) is 4.18. The number of nitrogens with one attached hydrogen (secondary N) is 1. The molecule has 0 aliphatic carbocycles. The van der Waals surface area contributed by atoms with Crippen molar-refractivity contribution in [3.05, 3.63) is 64.7 Å². The number of carbonyl (C=O) groups is 1. The number of hydrogen-bond acceptors (Lipinski definition) is 4. The van der Waals surface area contributed by atoms with Gasteiger partial charge >= 0.3 is 0 Å². The second-order valence-electron chi connectivity index (χ2n) is 7.37. The van der Waals surface area contributed by atoms with E-state index in [0.717, 1.165) is 30.2 Å². The number of hydrogen-bond donors (Lipinski definition) is 2. The third kappa shape index (κ3) is 4.91. The van der Waals surface area contributed by atoms with E-state index in [1.165, 1.54) is 5.56 Å². The molecule has 1 amide bonds. The highest BCUT2D eigenvalue weighted by Gasteiger charge is 2.25. The van der Waals surface area contributed by atoms with Crippen molar-refractivity contribution in [1.29, 1.82) is 0 Å². The van der Waals surface area contributed by atoms with Gasteiger partial charge in [-0.3, -0.25) is 9.52 Å². The van der Waals surface area contributed by atoms with Crippen molar-refractivity contribution in [2.75, 3.05) is 24.1 Å². The molecule has 0 saturated carbocycles. The zero-order chi connectivity index (χ0) is 20.3. The lowest BCUT2D eigenvalue weighted by atomic mass is 9.89. The van der Waals surface area contributed by atoms with Crippen LogP contribution < -0.4 is 4.72 Å². The summed E-state index contributed by atoms with van der Waals surface area (Å²) in [7, 11) is -3.40. The molecule has 0 spiro atoms. The van der Waals surface area contributed by atoms with E-state index in [-0.39, 0.29) is 12.5 Å². The average molecular weight is 403 g/mol. The Morgan fingerprint density at radius 1 is 1.14 bits per heavy atom. The van der Waals surface area contributed by atoms with E-state index in [1.54, 1.807) is 25.1 Å². The molecule has 1 aliphatic rings. The number of benzene rings is 2. The third-order valence-electron chi connectivity index (χ3n) is 5.20. The molecule has 1 heterocycles. The van der Waals surface area contributed by atoms with E-state index >= 15 is 0 Å². The molecule has 2 aromatic rings. The van der Waals surface area contributed by atoms with Crippen molar-refractivity contribution in [3.63, 3.8) is 0 Å². The molecule has 0 radical (unpaired) electrons. The molecule has 7 heteroatoms. The minimum atomic E-state index is -3.40. The van der Waals surface area contributed by atoms with Crippen molar-refractivity contribution in [2.24, 2.45) is 0 Å². The van der Waals surface area contributed by atoms with Crippen LogP contribution in [-0.4, -0.2) is 43.7 Å². The number of likely N-dealkylation sites (tertiary alicyclic amines) is 1. The predicted molar refractivity (Wildman–Crippen MR) is 110 cm³/mol. The van der Waals surface area contributed by atoms with Crippen molar-refractivity contribution in [1.82, 2.24) is 4.90 Å². The maximum atomic E-state index is 12.9. The fourth-order valence-electron chi connectivity index (χ4n) is 3.56. The number of anilines is 1. The lowest BCUT2D eigenvalue weighted by Gasteiger charge is -2.32. The van der Waals surface area contributed by atoms with Crippen LogP contribution in [0.25, 0.3) is 0 Å². The van der Waals surface area contributed by atoms with Gasteiger partial charge in [-0.1, -0.05) is 30.3 Å². The summed E-state index contributed by atoms with van der Waals surface area (Å²) in [6.07, 6.45) is 2.86. The van der Waals surface area contributed by atoms with Gasteiger partial charge in [-0.15, -0.1) is 0 Å². The van der Waals surface area contributed by atoms with E-state index < -0.39 is 10.0 Å². The van der Waals surface area contributed by atoms with Gasteiger partial charge < -0.3 is 10.0 Å². The zero-order valence-electron chi connectivity index (χ0n) is 16.2. The zero-order valence-corrected chi connectivity index (χ0v) is 17.0. The molecular weight excluding hydrogens is 376 g/mol. The summed E-state index contributed by atoms with van der Waals surface area (Å²) >= 11 is 0. The quantitative estimate of drug-likeness (QED) is 0.805. The minimum Gasteiger partial charge on any atom is -0.392 e. The predicted octanol–water partition coefficient (Wildman–Crippen LogP) is 2.88. The first-order valence-electron chi connectivity index (χ1n) is 9.34. The van der Waals surface area contributed by atoms with Gasteiger partial charge in [0.1, 0.15) is 0 Å². The second kappa shape index (κ2) is 8.32. The molecule has 2 N–H and O–H groups in total. The van der Waals surface area contributed by atoms with Crippen LogP contribution in [0, 0.1) is 6.92 Å².